The zero-order chi connectivity index (χ0) is 17.5. The zero-order valence-corrected chi connectivity index (χ0v) is 16.0. The van der Waals surface area contributed by atoms with Gasteiger partial charge in [0, 0.05) is 12.1 Å². The Labute approximate surface area is 157 Å². The van der Waals surface area contributed by atoms with Gasteiger partial charge in [0.1, 0.15) is 5.75 Å². The van der Waals surface area contributed by atoms with Crippen LogP contribution in [-0.4, -0.2) is 24.5 Å². The number of thioether (sulfide) groups is 2. The summed E-state index contributed by atoms with van der Waals surface area (Å²) in [5, 5.41) is 3.03. The van der Waals surface area contributed by atoms with Crippen molar-refractivity contribution < 1.29 is 9.53 Å². The predicted octanol–water partition coefficient (Wildman–Crippen LogP) is 5.14. The number of ether oxygens (including phenoxy) is 1. The molecule has 0 spiro atoms. The standard InChI is InChI=1S/C20H23NO2S2/c1-23-18-8-2-5-15(13-18)9-10-19(22)21-17-7-3-6-16(14-17)20-24-11-4-12-25-20/h2-3,5-8,13-14,20H,4,9-12H2,1H3,(H,21,22). The lowest BCUT2D eigenvalue weighted by molar-refractivity contribution is -0.116. The van der Waals surface area contributed by atoms with Gasteiger partial charge in [0.15, 0.2) is 0 Å². The molecule has 0 radical (unpaired) electrons. The molecule has 0 bridgehead atoms. The number of carbonyl (C=O) groups is 1. The van der Waals surface area contributed by atoms with E-state index in [-0.39, 0.29) is 5.91 Å². The third-order valence-electron chi connectivity index (χ3n) is 4.04. The largest absolute Gasteiger partial charge is 0.497 e. The molecule has 3 rings (SSSR count). The summed E-state index contributed by atoms with van der Waals surface area (Å²) in [6.45, 7) is 0. The fourth-order valence-corrected chi connectivity index (χ4v) is 5.63. The van der Waals surface area contributed by atoms with Crippen molar-refractivity contribution in [3.8, 4) is 5.75 Å². The Kier molecular flexibility index (Phi) is 6.70. The van der Waals surface area contributed by atoms with Crippen molar-refractivity contribution in [3.05, 3.63) is 59.7 Å². The van der Waals surface area contributed by atoms with Crippen molar-refractivity contribution in [1.82, 2.24) is 0 Å². The maximum Gasteiger partial charge on any atom is 0.224 e. The highest BCUT2D eigenvalue weighted by Gasteiger charge is 2.17. The first kappa shape index (κ1) is 18.2. The van der Waals surface area contributed by atoms with Crippen molar-refractivity contribution >= 4 is 35.1 Å². The van der Waals surface area contributed by atoms with Crippen LogP contribution in [0.5, 0.6) is 5.75 Å². The number of amides is 1. The molecule has 2 aromatic rings. The van der Waals surface area contributed by atoms with Gasteiger partial charge in [-0.25, -0.2) is 0 Å². The molecule has 25 heavy (non-hydrogen) atoms. The normalized spacial score (nSPS) is 14.9. The van der Waals surface area contributed by atoms with Crippen molar-refractivity contribution in [3.63, 3.8) is 0 Å². The van der Waals surface area contributed by atoms with Crippen LogP contribution in [0.15, 0.2) is 48.5 Å². The fraction of sp³-hybridized carbons (Fsp3) is 0.350. The van der Waals surface area contributed by atoms with Crippen molar-refractivity contribution in [2.45, 2.75) is 23.8 Å². The van der Waals surface area contributed by atoms with Gasteiger partial charge in [-0.15, -0.1) is 23.5 Å². The highest BCUT2D eigenvalue weighted by Crippen LogP contribution is 2.44. The summed E-state index contributed by atoms with van der Waals surface area (Å²) in [5.41, 5.74) is 3.29. The van der Waals surface area contributed by atoms with Crippen molar-refractivity contribution in [2.24, 2.45) is 0 Å². The van der Waals surface area contributed by atoms with Gasteiger partial charge in [0.05, 0.1) is 11.7 Å². The van der Waals surface area contributed by atoms with Crippen LogP contribution >= 0.6 is 23.5 Å². The zero-order valence-electron chi connectivity index (χ0n) is 14.4. The highest BCUT2D eigenvalue weighted by molar-refractivity contribution is 8.16. The van der Waals surface area contributed by atoms with E-state index in [4.69, 9.17) is 4.74 Å². The lowest BCUT2D eigenvalue weighted by Gasteiger charge is -2.21. The van der Waals surface area contributed by atoms with Crippen LogP contribution in [0.25, 0.3) is 0 Å². The molecule has 1 N–H and O–H groups in total. The summed E-state index contributed by atoms with van der Waals surface area (Å²) in [6.07, 6.45) is 2.45. The average Bonchev–Trinajstić information content (AvgIpc) is 2.67. The van der Waals surface area contributed by atoms with Gasteiger partial charge >= 0.3 is 0 Å². The Hall–Kier alpha value is -1.59. The Morgan fingerprint density at radius 3 is 2.76 bits per heavy atom. The Bertz CT molecular complexity index is 714. The van der Waals surface area contributed by atoms with E-state index in [0.29, 0.717) is 17.4 Å². The van der Waals surface area contributed by atoms with Gasteiger partial charge < -0.3 is 10.1 Å². The van der Waals surface area contributed by atoms with Gasteiger partial charge in [-0.1, -0.05) is 24.3 Å². The molecule has 1 fully saturated rings. The number of aryl methyl sites for hydroxylation is 1. The second-order valence-corrected chi connectivity index (χ2v) is 8.68. The monoisotopic (exact) mass is 373 g/mol. The summed E-state index contributed by atoms with van der Waals surface area (Å²) in [6, 6.07) is 16.1. The Balaban J connectivity index is 1.55. The first-order valence-corrected chi connectivity index (χ1v) is 10.6. The van der Waals surface area contributed by atoms with E-state index in [0.717, 1.165) is 17.0 Å². The Morgan fingerprint density at radius 2 is 1.96 bits per heavy atom. The molecule has 0 aliphatic carbocycles. The van der Waals surface area contributed by atoms with E-state index in [1.807, 2.05) is 59.9 Å². The molecule has 1 aliphatic heterocycles. The summed E-state index contributed by atoms with van der Waals surface area (Å²) in [7, 11) is 1.65. The van der Waals surface area contributed by atoms with E-state index in [1.54, 1.807) is 7.11 Å². The number of benzene rings is 2. The van der Waals surface area contributed by atoms with E-state index in [2.05, 4.69) is 17.4 Å². The van der Waals surface area contributed by atoms with E-state index < -0.39 is 0 Å². The quantitative estimate of drug-likeness (QED) is 0.761. The van der Waals surface area contributed by atoms with E-state index in [9.17, 15) is 4.79 Å². The summed E-state index contributed by atoms with van der Waals surface area (Å²) >= 11 is 3.99. The van der Waals surface area contributed by atoms with Gasteiger partial charge in [-0.05, 0) is 59.7 Å². The number of methoxy groups -OCH3 is 1. The van der Waals surface area contributed by atoms with Crippen molar-refractivity contribution in [2.75, 3.05) is 23.9 Å². The van der Waals surface area contributed by atoms with Gasteiger partial charge in [-0.3, -0.25) is 4.79 Å². The molecule has 2 aromatic carbocycles. The lowest BCUT2D eigenvalue weighted by Crippen LogP contribution is -2.12. The van der Waals surface area contributed by atoms with Gasteiger partial charge in [0.25, 0.3) is 0 Å². The molecule has 1 aliphatic rings. The summed E-state index contributed by atoms with van der Waals surface area (Å²) < 4.78 is 5.71. The molecular formula is C20H23NO2S2. The Morgan fingerprint density at radius 1 is 1.16 bits per heavy atom. The second kappa shape index (κ2) is 9.20. The first-order chi connectivity index (χ1) is 12.2. The molecule has 132 valence electrons. The van der Waals surface area contributed by atoms with Crippen LogP contribution in [0.2, 0.25) is 0 Å². The van der Waals surface area contributed by atoms with E-state index in [1.165, 1.54) is 23.5 Å². The molecule has 5 heteroatoms. The SMILES string of the molecule is COc1cccc(CCC(=O)Nc2cccc(C3SCCCS3)c2)c1. The average molecular weight is 374 g/mol. The second-order valence-electron chi connectivity index (χ2n) is 5.95. The molecule has 0 aromatic heterocycles. The number of hydrogen-bond donors (Lipinski definition) is 1. The maximum atomic E-state index is 12.3. The summed E-state index contributed by atoms with van der Waals surface area (Å²) in [4.78, 5) is 12.3. The third-order valence-corrected chi connectivity index (χ3v) is 7.06. The van der Waals surface area contributed by atoms with Crippen LogP contribution < -0.4 is 10.1 Å². The maximum absolute atomic E-state index is 12.3. The van der Waals surface area contributed by atoms with Crippen LogP contribution in [-0.2, 0) is 11.2 Å². The molecule has 0 unspecified atom stereocenters. The molecule has 3 nitrogen and oxygen atoms in total. The molecule has 0 saturated carbocycles. The number of hydrogen-bond acceptors (Lipinski definition) is 4. The number of nitrogens with one attached hydrogen (secondary N) is 1. The predicted molar refractivity (Wildman–Crippen MR) is 109 cm³/mol. The van der Waals surface area contributed by atoms with Gasteiger partial charge in [0.2, 0.25) is 5.91 Å². The number of rotatable bonds is 6. The first-order valence-electron chi connectivity index (χ1n) is 8.50. The van der Waals surface area contributed by atoms with Gasteiger partial charge in [-0.2, -0.15) is 0 Å². The molecule has 1 heterocycles. The van der Waals surface area contributed by atoms with Crippen LogP contribution in [0.3, 0.4) is 0 Å². The van der Waals surface area contributed by atoms with Crippen LogP contribution in [0, 0.1) is 0 Å². The minimum absolute atomic E-state index is 0.0453. The minimum Gasteiger partial charge on any atom is -0.497 e. The van der Waals surface area contributed by atoms with Crippen LogP contribution in [0.1, 0.15) is 28.6 Å². The molecule has 1 saturated heterocycles. The third kappa shape index (κ3) is 5.44. The number of anilines is 1. The van der Waals surface area contributed by atoms with Crippen LogP contribution in [0.4, 0.5) is 5.69 Å². The molecule has 0 atom stereocenters. The topological polar surface area (TPSA) is 38.3 Å². The van der Waals surface area contributed by atoms with E-state index >= 15 is 0 Å². The lowest BCUT2D eigenvalue weighted by atomic mass is 10.1. The smallest absolute Gasteiger partial charge is 0.224 e. The van der Waals surface area contributed by atoms with Crippen molar-refractivity contribution in [1.29, 1.82) is 0 Å². The summed E-state index contributed by atoms with van der Waals surface area (Å²) in [5.74, 6) is 3.31. The highest BCUT2D eigenvalue weighted by atomic mass is 32.2. The minimum atomic E-state index is 0.0453. The molecular weight excluding hydrogens is 350 g/mol. The molecule has 1 amide bonds. The number of carbonyl (C=O) groups excluding carboxylic acids is 1. The fourth-order valence-electron chi connectivity index (χ4n) is 2.75.